The third-order valence-electron chi connectivity index (χ3n) is 9.84. The highest BCUT2D eigenvalue weighted by molar-refractivity contribution is 5.94. The number of nitrogens with zero attached hydrogens (tertiary/aromatic N) is 1. The van der Waals surface area contributed by atoms with Crippen LogP contribution in [0, 0.1) is 0 Å². The first-order valence-corrected chi connectivity index (χ1v) is 22.0. The van der Waals surface area contributed by atoms with Crippen molar-refractivity contribution in [1.82, 2.24) is 4.90 Å². The van der Waals surface area contributed by atoms with Crippen LogP contribution in [0.25, 0.3) is 0 Å². The van der Waals surface area contributed by atoms with E-state index in [-0.39, 0.29) is 44.1 Å². The fraction of sp³-hybridized carbons (Fsp3) is 0.723. The lowest BCUT2D eigenvalue weighted by Gasteiger charge is -2.22. The molecule has 0 bridgehead atoms. The molecule has 0 radical (unpaired) electrons. The Kier molecular flexibility index (Phi) is 34.0. The molecule has 1 amide bonds. The number of hydrogen-bond donors (Lipinski definition) is 0. The number of hydrogen-bond acceptors (Lipinski definition) is 5. The van der Waals surface area contributed by atoms with Crippen molar-refractivity contribution in [3.05, 3.63) is 60.2 Å². The zero-order chi connectivity index (χ0) is 38.3. The van der Waals surface area contributed by atoms with Gasteiger partial charge in [0.1, 0.15) is 13.2 Å². The van der Waals surface area contributed by atoms with Gasteiger partial charge in [-0.2, -0.15) is 0 Å². The molecule has 1 rings (SSSR count). The number of carbonyl (C=O) groups is 3. The second-order valence-electron chi connectivity index (χ2n) is 14.8. The molecule has 0 fully saturated rings. The number of unbranched alkanes of at least 4 members (excludes halogenated alkanes) is 22. The van der Waals surface area contributed by atoms with E-state index in [1.807, 2.05) is 18.2 Å². The lowest BCUT2D eigenvalue weighted by atomic mass is 10.1. The summed E-state index contributed by atoms with van der Waals surface area (Å²) in [5, 5.41) is 0. The minimum absolute atomic E-state index is 0.130. The van der Waals surface area contributed by atoms with Gasteiger partial charge in [0.15, 0.2) is 0 Å². The van der Waals surface area contributed by atoms with Crippen molar-refractivity contribution in [1.29, 1.82) is 0 Å². The van der Waals surface area contributed by atoms with Gasteiger partial charge < -0.3 is 14.4 Å². The smallest absolute Gasteiger partial charge is 0.305 e. The van der Waals surface area contributed by atoms with Crippen LogP contribution in [0.15, 0.2) is 54.6 Å². The van der Waals surface area contributed by atoms with E-state index in [0.717, 1.165) is 51.4 Å². The maximum Gasteiger partial charge on any atom is 0.305 e. The predicted molar refractivity (Wildman–Crippen MR) is 223 cm³/mol. The number of ether oxygens (including phenoxy) is 2. The van der Waals surface area contributed by atoms with Gasteiger partial charge in [-0.3, -0.25) is 14.4 Å². The lowest BCUT2D eigenvalue weighted by Crippen LogP contribution is -2.37. The van der Waals surface area contributed by atoms with Crippen LogP contribution in [0.2, 0.25) is 0 Å². The Hall–Kier alpha value is -2.89. The molecule has 6 heteroatoms. The van der Waals surface area contributed by atoms with Crippen LogP contribution in [-0.2, 0) is 19.1 Å². The molecule has 0 spiro atoms. The van der Waals surface area contributed by atoms with E-state index in [4.69, 9.17) is 9.47 Å². The average Bonchev–Trinajstić information content (AvgIpc) is 3.17. The molecule has 0 unspecified atom stereocenters. The van der Waals surface area contributed by atoms with Crippen molar-refractivity contribution in [3.8, 4) is 0 Å². The first-order chi connectivity index (χ1) is 26.1. The highest BCUT2D eigenvalue weighted by atomic mass is 16.5. The minimum atomic E-state index is -0.221. The zero-order valence-corrected chi connectivity index (χ0v) is 34.3. The van der Waals surface area contributed by atoms with Gasteiger partial charge in [0.05, 0.1) is 13.1 Å². The van der Waals surface area contributed by atoms with Gasteiger partial charge in [0.2, 0.25) is 0 Å². The molecule has 0 aliphatic rings. The Labute approximate surface area is 325 Å². The number of carbonyl (C=O) groups excluding carboxylic acids is 3. The highest BCUT2D eigenvalue weighted by Crippen LogP contribution is 2.13. The lowest BCUT2D eigenvalue weighted by molar-refractivity contribution is -0.144. The van der Waals surface area contributed by atoms with E-state index in [1.165, 1.54) is 116 Å². The fourth-order valence-electron chi connectivity index (χ4n) is 6.44. The van der Waals surface area contributed by atoms with Crippen LogP contribution < -0.4 is 0 Å². The summed E-state index contributed by atoms with van der Waals surface area (Å²) >= 11 is 0. The van der Waals surface area contributed by atoms with Gasteiger partial charge in [-0.15, -0.1) is 0 Å². The number of amides is 1. The van der Waals surface area contributed by atoms with Gasteiger partial charge in [-0.05, 0) is 76.3 Å². The predicted octanol–water partition coefficient (Wildman–Crippen LogP) is 13.3. The van der Waals surface area contributed by atoms with Crippen LogP contribution in [0.5, 0.6) is 0 Å². The monoisotopic (exact) mass is 738 g/mol. The molecule has 0 aliphatic carbocycles. The molecule has 0 N–H and O–H groups in total. The Morgan fingerprint density at radius 3 is 1.19 bits per heavy atom. The summed E-state index contributed by atoms with van der Waals surface area (Å²) in [4.78, 5) is 39.6. The van der Waals surface area contributed by atoms with E-state index >= 15 is 0 Å². The van der Waals surface area contributed by atoms with Crippen molar-refractivity contribution in [2.24, 2.45) is 0 Å². The summed E-state index contributed by atoms with van der Waals surface area (Å²) in [6.45, 7) is 5.30. The third-order valence-corrected chi connectivity index (χ3v) is 9.84. The molecule has 53 heavy (non-hydrogen) atoms. The average molecular weight is 738 g/mol. The SMILES string of the molecule is CCCCCCCC/C=C\CCCCCCCC(=O)OCCN(CCOC(=O)CCCCCCC/C=C/CCCCCCCC)C(=O)c1ccccc1. The molecule has 1 aromatic carbocycles. The van der Waals surface area contributed by atoms with E-state index in [9.17, 15) is 14.4 Å². The second kappa shape index (κ2) is 37.4. The molecule has 0 aliphatic heterocycles. The Morgan fingerprint density at radius 1 is 0.472 bits per heavy atom. The van der Waals surface area contributed by atoms with Gasteiger partial charge in [0.25, 0.3) is 5.91 Å². The molecule has 0 heterocycles. The number of allylic oxidation sites excluding steroid dienone is 4. The van der Waals surface area contributed by atoms with Crippen LogP contribution in [0.4, 0.5) is 0 Å². The van der Waals surface area contributed by atoms with Gasteiger partial charge in [-0.1, -0.05) is 159 Å². The molecular weight excluding hydrogens is 659 g/mol. The van der Waals surface area contributed by atoms with Crippen molar-refractivity contribution in [2.45, 2.75) is 194 Å². The van der Waals surface area contributed by atoms with Crippen LogP contribution in [0.1, 0.15) is 204 Å². The number of esters is 2. The summed E-state index contributed by atoms with van der Waals surface area (Å²) in [5.74, 6) is -0.602. The van der Waals surface area contributed by atoms with E-state index in [0.29, 0.717) is 18.4 Å². The number of rotatable bonds is 37. The summed E-state index contributed by atoms with van der Waals surface area (Å²) in [6, 6.07) is 9.06. The molecule has 0 saturated carbocycles. The second-order valence-corrected chi connectivity index (χ2v) is 14.8. The van der Waals surface area contributed by atoms with Crippen molar-refractivity contribution < 1.29 is 23.9 Å². The van der Waals surface area contributed by atoms with E-state index < -0.39 is 0 Å². The molecule has 302 valence electrons. The number of benzene rings is 1. The zero-order valence-electron chi connectivity index (χ0n) is 34.3. The van der Waals surface area contributed by atoms with Crippen LogP contribution in [0.3, 0.4) is 0 Å². The van der Waals surface area contributed by atoms with Crippen LogP contribution in [-0.4, -0.2) is 49.0 Å². The van der Waals surface area contributed by atoms with E-state index in [1.54, 1.807) is 17.0 Å². The first-order valence-electron chi connectivity index (χ1n) is 22.0. The standard InChI is InChI=1S/C47H79NO5/c1-3-5-7-9-11-13-15-17-19-21-23-25-27-29-34-38-45(49)52-42-40-48(47(51)44-36-32-31-33-37-44)41-43-53-46(50)39-35-30-28-26-24-22-20-18-16-14-12-10-8-6-4-2/h17-20,31-33,36-37H,3-16,21-30,34-35,38-43H2,1-2H3/b19-17-,20-18+. The molecule has 0 saturated heterocycles. The third kappa shape index (κ3) is 31.2. The van der Waals surface area contributed by atoms with E-state index in [2.05, 4.69) is 38.2 Å². The van der Waals surface area contributed by atoms with Crippen LogP contribution >= 0.6 is 0 Å². The Morgan fingerprint density at radius 2 is 0.811 bits per heavy atom. The molecule has 0 atom stereocenters. The molecular formula is C47H79NO5. The van der Waals surface area contributed by atoms with Crippen molar-refractivity contribution in [3.63, 3.8) is 0 Å². The Bertz CT molecular complexity index is 994. The van der Waals surface area contributed by atoms with Gasteiger partial charge in [-0.25, -0.2) is 0 Å². The van der Waals surface area contributed by atoms with Gasteiger partial charge in [0, 0.05) is 18.4 Å². The molecule has 0 aromatic heterocycles. The maximum absolute atomic E-state index is 13.2. The van der Waals surface area contributed by atoms with Crippen molar-refractivity contribution >= 4 is 17.8 Å². The molecule has 1 aromatic rings. The topological polar surface area (TPSA) is 72.9 Å². The summed E-state index contributed by atoms with van der Waals surface area (Å²) < 4.78 is 11.0. The minimum Gasteiger partial charge on any atom is -0.464 e. The normalized spacial score (nSPS) is 11.4. The largest absolute Gasteiger partial charge is 0.464 e. The molecule has 6 nitrogen and oxygen atoms in total. The highest BCUT2D eigenvalue weighted by Gasteiger charge is 2.17. The van der Waals surface area contributed by atoms with Crippen molar-refractivity contribution in [2.75, 3.05) is 26.3 Å². The summed E-state index contributed by atoms with van der Waals surface area (Å²) in [5.41, 5.74) is 0.562. The first kappa shape index (κ1) is 48.1. The fourth-order valence-corrected chi connectivity index (χ4v) is 6.44. The summed E-state index contributed by atoms with van der Waals surface area (Å²) in [6.07, 6.45) is 41.8. The van der Waals surface area contributed by atoms with Gasteiger partial charge >= 0.3 is 11.9 Å². The maximum atomic E-state index is 13.2. The quantitative estimate of drug-likeness (QED) is 0.0386. The summed E-state index contributed by atoms with van der Waals surface area (Å²) in [7, 11) is 0. The Balaban J connectivity index is 2.16.